The van der Waals surface area contributed by atoms with Crippen LogP contribution in [-0.2, 0) is 16.6 Å². The molecule has 0 amide bonds. The summed E-state index contributed by atoms with van der Waals surface area (Å²) < 4.78 is 26.8. The van der Waals surface area contributed by atoms with Crippen molar-refractivity contribution in [1.29, 1.82) is 5.26 Å². The highest BCUT2D eigenvalue weighted by molar-refractivity contribution is 7.89. The van der Waals surface area contributed by atoms with Crippen LogP contribution in [0.15, 0.2) is 34.5 Å². The molecular weight excluding hydrogens is 344 g/mol. The predicted molar refractivity (Wildman–Crippen MR) is 92.0 cm³/mol. The fourth-order valence-corrected chi connectivity index (χ4v) is 4.71. The van der Waals surface area contributed by atoms with Crippen LogP contribution < -0.4 is 0 Å². The minimum atomic E-state index is -3.50. The van der Waals surface area contributed by atoms with E-state index in [4.69, 9.17) is 5.26 Å². The van der Waals surface area contributed by atoms with Gasteiger partial charge in [0.05, 0.1) is 27.2 Å². The summed E-state index contributed by atoms with van der Waals surface area (Å²) in [6.07, 6.45) is 0. The topological polar surface area (TPSA) is 77.3 Å². The maximum absolute atomic E-state index is 12.7. The Morgan fingerprint density at radius 1 is 1.21 bits per heavy atom. The normalized spacial score (nSPS) is 16.8. The van der Waals surface area contributed by atoms with Gasteiger partial charge in [-0.05, 0) is 31.2 Å². The zero-order valence-corrected chi connectivity index (χ0v) is 15.0. The van der Waals surface area contributed by atoms with Gasteiger partial charge in [-0.1, -0.05) is 0 Å². The number of benzene rings is 1. The van der Waals surface area contributed by atoms with Crippen LogP contribution in [0.25, 0.3) is 0 Å². The molecule has 0 aliphatic carbocycles. The second-order valence-electron chi connectivity index (χ2n) is 5.67. The Labute approximate surface area is 146 Å². The fraction of sp³-hybridized carbons (Fsp3) is 0.375. The molecule has 0 atom stereocenters. The first-order valence-corrected chi connectivity index (χ1v) is 9.95. The third-order valence-electron chi connectivity index (χ3n) is 4.00. The molecule has 0 bridgehead atoms. The first-order valence-electron chi connectivity index (χ1n) is 7.63. The van der Waals surface area contributed by atoms with Gasteiger partial charge in [-0.3, -0.25) is 4.90 Å². The van der Waals surface area contributed by atoms with Gasteiger partial charge in [0.2, 0.25) is 10.0 Å². The number of thiazole rings is 1. The molecule has 1 fully saturated rings. The van der Waals surface area contributed by atoms with E-state index < -0.39 is 10.0 Å². The molecule has 0 unspecified atom stereocenters. The monoisotopic (exact) mass is 362 g/mol. The van der Waals surface area contributed by atoms with Gasteiger partial charge < -0.3 is 0 Å². The van der Waals surface area contributed by atoms with Crippen molar-refractivity contribution in [3.63, 3.8) is 0 Å². The Hall–Kier alpha value is -1.79. The number of piperazine rings is 1. The highest BCUT2D eigenvalue weighted by Gasteiger charge is 2.28. The summed E-state index contributed by atoms with van der Waals surface area (Å²) in [6.45, 7) is 5.04. The summed E-state index contributed by atoms with van der Waals surface area (Å²) in [7, 11) is -3.50. The van der Waals surface area contributed by atoms with Crippen LogP contribution in [0.1, 0.15) is 16.3 Å². The third kappa shape index (κ3) is 3.65. The first kappa shape index (κ1) is 17.0. The predicted octanol–water partition coefficient (Wildman–Crippen LogP) is 1.83. The van der Waals surface area contributed by atoms with E-state index in [1.54, 1.807) is 11.3 Å². The van der Waals surface area contributed by atoms with Crippen LogP contribution in [0.2, 0.25) is 0 Å². The number of sulfonamides is 1. The van der Waals surface area contributed by atoms with Crippen molar-refractivity contribution in [2.45, 2.75) is 18.4 Å². The molecule has 2 heterocycles. The Morgan fingerprint density at radius 2 is 1.88 bits per heavy atom. The minimum Gasteiger partial charge on any atom is -0.295 e. The molecule has 8 heteroatoms. The van der Waals surface area contributed by atoms with E-state index in [2.05, 4.69) is 15.3 Å². The van der Waals surface area contributed by atoms with Gasteiger partial charge >= 0.3 is 0 Å². The van der Waals surface area contributed by atoms with Crippen molar-refractivity contribution in [3.8, 4) is 6.07 Å². The van der Waals surface area contributed by atoms with Crippen LogP contribution in [-0.4, -0.2) is 48.8 Å². The molecule has 0 radical (unpaired) electrons. The molecule has 24 heavy (non-hydrogen) atoms. The van der Waals surface area contributed by atoms with Crippen molar-refractivity contribution in [1.82, 2.24) is 14.2 Å². The summed E-state index contributed by atoms with van der Waals surface area (Å²) in [4.78, 5) is 6.92. The Morgan fingerprint density at radius 3 is 2.42 bits per heavy atom. The van der Waals surface area contributed by atoms with E-state index in [0.29, 0.717) is 31.7 Å². The number of nitriles is 1. The lowest BCUT2D eigenvalue weighted by Gasteiger charge is -2.33. The highest BCUT2D eigenvalue weighted by atomic mass is 32.2. The highest BCUT2D eigenvalue weighted by Crippen LogP contribution is 2.19. The molecule has 3 rings (SSSR count). The van der Waals surface area contributed by atoms with Crippen LogP contribution in [0, 0.1) is 18.3 Å². The average Bonchev–Trinajstić information content (AvgIpc) is 3.00. The lowest BCUT2D eigenvalue weighted by molar-refractivity contribution is 0.180. The number of hydrogen-bond donors (Lipinski definition) is 0. The molecule has 0 N–H and O–H groups in total. The lowest BCUT2D eigenvalue weighted by Crippen LogP contribution is -2.48. The number of nitrogens with zero attached hydrogens (tertiary/aromatic N) is 4. The van der Waals surface area contributed by atoms with E-state index in [1.807, 2.05) is 13.0 Å². The second-order valence-corrected chi connectivity index (χ2v) is 8.67. The van der Waals surface area contributed by atoms with Crippen LogP contribution in [0.5, 0.6) is 0 Å². The van der Waals surface area contributed by atoms with Gasteiger partial charge in [-0.15, -0.1) is 11.3 Å². The average molecular weight is 362 g/mol. The van der Waals surface area contributed by atoms with Gasteiger partial charge in [0, 0.05) is 38.1 Å². The smallest absolute Gasteiger partial charge is 0.243 e. The van der Waals surface area contributed by atoms with Crippen LogP contribution in [0.4, 0.5) is 0 Å². The summed E-state index contributed by atoms with van der Waals surface area (Å²) in [6, 6.07) is 8.06. The molecule has 6 nitrogen and oxygen atoms in total. The maximum atomic E-state index is 12.7. The molecule has 2 aromatic rings. The minimum absolute atomic E-state index is 0.241. The van der Waals surface area contributed by atoms with Crippen molar-refractivity contribution in [3.05, 3.63) is 45.9 Å². The summed E-state index contributed by atoms with van der Waals surface area (Å²) in [5.74, 6) is 0. The molecule has 1 aromatic heterocycles. The van der Waals surface area contributed by atoms with Gasteiger partial charge in [-0.25, -0.2) is 13.4 Å². The maximum Gasteiger partial charge on any atom is 0.243 e. The zero-order chi connectivity index (χ0) is 17.2. The van der Waals surface area contributed by atoms with E-state index in [-0.39, 0.29) is 4.90 Å². The molecule has 126 valence electrons. The van der Waals surface area contributed by atoms with Crippen LogP contribution in [0.3, 0.4) is 0 Å². The molecule has 1 saturated heterocycles. The number of aromatic nitrogens is 1. The van der Waals surface area contributed by atoms with Crippen molar-refractivity contribution in [2.24, 2.45) is 0 Å². The number of hydrogen-bond acceptors (Lipinski definition) is 6. The van der Waals surface area contributed by atoms with Gasteiger partial charge in [0.1, 0.15) is 0 Å². The largest absolute Gasteiger partial charge is 0.295 e. The van der Waals surface area contributed by atoms with Crippen LogP contribution >= 0.6 is 11.3 Å². The van der Waals surface area contributed by atoms with E-state index in [0.717, 1.165) is 17.2 Å². The SMILES string of the molecule is Cc1nc(CN2CCN(S(=O)(=O)c3ccc(C#N)cc3)CC2)cs1. The standard InChI is InChI=1S/C16H18N4O2S2/c1-13-18-15(12-23-13)11-19-6-8-20(9-7-19)24(21,22)16-4-2-14(10-17)3-5-16/h2-5,12H,6-9,11H2,1H3. The van der Waals surface area contributed by atoms with Crippen molar-refractivity contribution >= 4 is 21.4 Å². The summed E-state index contributed by atoms with van der Waals surface area (Å²) in [5.41, 5.74) is 1.50. The summed E-state index contributed by atoms with van der Waals surface area (Å²) in [5, 5.41) is 11.9. The van der Waals surface area contributed by atoms with Gasteiger partial charge in [0.25, 0.3) is 0 Å². The second kappa shape index (κ2) is 6.99. The number of rotatable bonds is 4. The summed E-state index contributed by atoms with van der Waals surface area (Å²) >= 11 is 1.63. The molecule has 1 aromatic carbocycles. The Bertz CT molecular complexity index is 845. The number of aryl methyl sites for hydroxylation is 1. The molecular formula is C16H18N4O2S2. The molecule has 1 aliphatic heterocycles. The molecule has 1 aliphatic rings. The molecule has 0 spiro atoms. The zero-order valence-electron chi connectivity index (χ0n) is 13.3. The lowest BCUT2D eigenvalue weighted by atomic mass is 10.2. The third-order valence-corrected chi connectivity index (χ3v) is 6.74. The first-order chi connectivity index (χ1) is 11.5. The van der Waals surface area contributed by atoms with Crippen molar-refractivity contribution < 1.29 is 8.42 Å². The van der Waals surface area contributed by atoms with Gasteiger partial charge in [-0.2, -0.15) is 9.57 Å². The van der Waals surface area contributed by atoms with E-state index >= 15 is 0 Å². The van der Waals surface area contributed by atoms with E-state index in [9.17, 15) is 8.42 Å². The van der Waals surface area contributed by atoms with Crippen molar-refractivity contribution in [2.75, 3.05) is 26.2 Å². The fourth-order valence-electron chi connectivity index (χ4n) is 2.69. The van der Waals surface area contributed by atoms with Gasteiger partial charge in [0.15, 0.2) is 0 Å². The van der Waals surface area contributed by atoms with E-state index in [1.165, 1.54) is 28.6 Å². The molecule has 0 saturated carbocycles. The quantitative estimate of drug-likeness (QED) is 0.829. The Kier molecular flexibility index (Phi) is 4.96. The Balaban J connectivity index is 1.63.